The molecule has 146 valence electrons. The Balaban J connectivity index is 0.00000243. The van der Waals surface area contributed by atoms with E-state index in [0.29, 0.717) is 29.2 Å². The summed E-state index contributed by atoms with van der Waals surface area (Å²) in [5.74, 6) is 3.35. The highest BCUT2D eigenvalue weighted by Crippen LogP contribution is 2.38. The molecule has 2 heterocycles. The summed E-state index contributed by atoms with van der Waals surface area (Å²) in [6, 6.07) is 3.49. The number of rotatable bonds is 7. The zero-order valence-corrected chi connectivity index (χ0v) is 16.8. The Hall–Kier alpha value is -1.46. The van der Waals surface area contributed by atoms with Gasteiger partial charge in [0.15, 0.2) is 17.3 Å². The van der Waals surface area contributed by atoms with Crippen LogP contribution in [-0.4, -0.2) is 51.6 Å². The summed E-state index contributed by atoms with van der Waals surface area (Å²) < 4.78 is 16.0. The van der Waals surface area contributed by atoms with Crippen molar-refractivity contribution >= 4 is 18.2 Å². The van der Waals surface area contributed by atoms with Crippen LogP contribution in [0.2, 0.25) is 0 Å². The molecule has 0 aromatic heterocycles. The molecule has 6 heteroatoms. The first-order valence-electron chi connectivity index (χ1n) is 9.20. The summed E-state index contributed by atoms with van der Waals surface area (Å²) in [5.41, 5.74) is 0.618. The maximum absolute atomic E-state index is 12.7. The zero-order chi connectivity index (χ0) is 17.8. The van der Waals surface area contributed by atoms with Gasteiger partial charge in [0.25, 0.3) is 0 Å². The fraction of sp³-hybridized carbons (Fsp3) is 0.650. The molecule has 2 aliphatic heterocycles. The molecule has 1 aliphatic carbocycles. The Bertz CT molecular complexity index is 575. The Kier molecular flexibility index (Phi) is 7.59. The molecule has 0 N–H and O–H groups in total. The summed E-state index contributed by atoms with van der Waals surface area (Å²) in [7, 11) is 4.70. The average molecular weight is 384 g/mol. The molecule has 0 atom stereocenters. The summed E-state index contributed by atoms with van der Waals surface area (Å²) in [6.07, 6.45) is 5.98. The molecule has 4 rings (SSSR count). The van der Waals surface area contributed by atoms with Crippen molar-refractivity contribution < 1.29 is 19.0 Å². The van der Waals surface area contributed by atoms with Crippen LogP contribution in [0.1, 0.15) is 42.5 Å². The second-order valence-corrected chi connectivity index (χ2v) is 7.23. The number of carbonyl (C=O) groups is 1. The summed E-state index contributed by atoms with van der Waals surface area (Å²) in [4.78, 5) is 15.2. The van der Waals surface area contributed by atoms with Gasteiger partial charge in [0.05, 0.1) is 21.3 Å². The molecule has 1 aromatic rings. The van der Waals surface area contributed by atoms with E-state index in [4.69, 9.17) is 14.2 Å². The number of halogens is 1. The van der Waals surface area contributed by atoms with E-state index in [0.717, 1.165) is 31.5 Å². The van der Waals surface area contributed by atoms with Crippen molar-refractivity contribution in [1.29, 1.82) is 0 Å². The Morgan fingerprint density at radius 2 is 1.46 bits per heavy atom. The Morgan fingerprint density at radius 1 is 0.962 bits per heavy atom. The molecule has 2 bridgehead atoms. The van der Waals surface area contributed by atoms with Crippen LogP contribution in [0.25, 0.3) is 0 Å². The SMILES string of the molecule is COc1cc(C(=O)CCN2CC3CCC(CC3)C2)cc(OC)c1OC.Cl. The molecule has 3 fully saturated rings. The van der Waals surface area contributed by atoms with E-state index < -0.39 is 0 Å². The van der Waals surface area contributed by atoms with Gasteiger partial charge in [-0.2, -0.15) is 0 Å². The fourth-order valence-corrected chi connectivity index (χ4v) is 4.23. The lowest BCUT2D eigenvalue weighted by atomic mass is 9.84. The van der Waals surface area contributed by atoms with E-state index in [1.54, 1.807) is 33.5 Å². The van der Waals surface area contributed by atoms with Gasteiger partial charge in [0.1, 0.15) is 0 Å². The molecule has 26 heavy (non-hydrogen) atoms. The highest BCUT2D eigenvalue weighted by atomic mass is 35.5. The summed E-state index contributed by atoms with van der Waals surface area (Å²) >= 11 is 0. The molecule has 3 aliphatic rings. The maximum Gasteiger partial charge on any atom is 0.203 e. The maximum atomic E-state index is 12.7. The van der Waals surface area contributed by atoms with Crippen LogP contribution in [0.3, 0.4) is 0 Å². The van der Waals surface area contributed by atoms with E-state index in [9.17, 15) is 4.79 Å². The van der Waals surface area contributed by atoms with Gasteiger partial charge >= 0.3 is 0 Å². The number of methoxy groups -OCH3 is 3. The third kappa shape index (κ3) is 4.63. The molecule has 0 radical (unpaired) electrons. The lowest BCUT2D eigenvalue weighted by Gasteiger charge is -2.22. The molecule has 0 spiro atoms. The minimum atomic E-state index is 0. The fourth-order valence-electron chi connectivity index (χ4n) is 4.23. The third-order valence-electron chi connectivity index (χ3n) is 5.64. The van der Waals surface area contributed by atoms with E-state index in [-0.39, 0.29) is 18.2 Å². The van der Waals surface area contributed by atoms with Gasteiger partial charge in [0, 0.05) is 31.6 Å². The number of ketones is 1. The molecule has 1 aromatic carbocycles. The van der Waals surface area contributed by atoms with Crippen LogP contribution < -0.4 is 14.2 Å². The van der Waals surface area contributed by atoms with Crippen molar-refractivity contribution in [2.45, 2.75) is 32.1 Å². The smallest absolute Gasteiger partial charge is 0.203 e. The quantitative estimate of drug-likeness (QED) is 0.670. The van der Waals surface area contributed by atoms with Gasteiger partial charge in [-0.1, -0.05) is 0 Å². The van der Waals surface area contributed by atoms with Crippen LogP contribution in [0.15, 0.2) is 12.1 Å². The third-order valence-corrected chi connectivity index (χ3v) is 5.64. The van der Waals surface area contributed by atoms with Crippen molar-refractivity contribution in [2.24, 2.45) is 11.8 Å². The van der Waals surface area contributed by atoms with E-state index in [1.807, 2.05) is 0 Å². The van der Waals surface area contributed by atoms with E-state index >= 15 is 0 Å². The lowest BCUT2D eigenvalue weighted by Crippen LogP contribution is -2.30. The number of hydrogen-bond donors (Lipinski definition) is 0. The van der Waals surface area contributed by atoms with Crippen molar-refractivity contribution in [3.05, 3.63) is 17.7 Å². The second-order valence-electron chi connectivity index (χ2n) is 7.23. The van der Waals surface area contributed by atoms with E-state index in [2.05, 4.69) is 4.90 Å². The van der Waals surface area contributed by atoms with Gasteiger partial charge in [0.2, 0.25) is 5.75 Å². The molecule has 5 nitrogen and oxygen atoms in total. The highest BCUT2D eigenvalue weighted by Gasteiger charge is 2.29. The minimum absolute atomic E-state index is 0. The molecular weight excluding hydrogens is 354 g/mol. The summed E-state index contributed by atoms with van der Waals surface area (Å²) in [5, 5.41) is 0. The number of carbonyl (C=O) groups excluding carboxylic acids is 1. The number of Topliss-reactive ketones (excluding diaryl/α,β-unsaturated/α-hetero) is 1. The van der Waals surface area contributed by atoms with Crippen molar-refractivity contribution in [3.8, 4) is 17.2 Å². The first-order chi connectivity index (χ1) is 12.1. The number of nitrogens with zero attached hydrogens (tertiary/aromatic N) is 1. The molecule has 1 saturated carbocycles. The number of ether oxygens (including phenoxy) is 3. The van der Waals surface area contributed by atoms with Gasteiger partial charge in [-0.05, 0) is 49.7 Å². The van der Waals surface area contributed by atoms with Crippen molar-refractivity contribution in [3.63, 3.8) is 0 Å². The summed E-state index contributed by atoms with van der Waals surface area (Å²) in [6.45, 7) is 3.14. The zero-order valence-electron chi connectivity index (χ0n) is 16.0. The monoisotopic (exact) mass is 383 g/mol. The van der Waals surface area contributed by atoms with Crippen LogP contribution >= 0.6 is 12.4 Å². The van der Waals surface area contributed by atoms with Crippen LogP contribution in [0.5, 0.6) is 17.2 Å². The number of fused-ring (bicyclic) bond motifs is 4. The van der Waals surface area contributed by atoms with E-state index in [1.165, 1.54) is 25.7 Å². The number of benzene rings is 1. The second kappa shape index (κ2) is 9.47. The Labute approximate surface area is 162 Å². The molecular formula is C20H30ClNO4. The van der Waals surface area contributed by atoms with Gasteiger partial charge in [-0.15, -0.1) is 12.4 Å². The van der Waals surface area contributed by atoms with Gasteiger partial charge < -0.3 is 19.1 Å². The topological polar surface area (TPSA) is 48.0 Å². The molecule has 0 amide bonds. The van der Waals surface area contributed by atoms with Gasteiger partial charge in [-0.25, -0.2) is 0 Å². The predicted octanol–water partition coefficient (Wildman–Crippen LogP) is 3.83. The highest BCUT2D eigenvalue weighted by molar-refractivity contribution is 5.97. The largest absolute Gasteiger partial charge is 0.493 e. The normalized spacial score (nSPS) is 22.3. The molecule has 2 saturated heterocycles. The van der Waals surface area contributed by atoms with Crippen molar-refractivity contribution in [1.82, 2.24) is 4.90 Å². The van der Waals surface area contributed by atoms with Crippen LogP contribution in [0, 0.1) is 11.8 Å². The van der Waals surface area contributed by atoms with Crippen molar-refractivity contribution in [2.75, 3.05) is 41.0 Å². The molecule has 0 unspecified atom stereocenters. The van der Waals surface area contributed by atoms with Gasteiger partial charge in [-0.3, -0.25) is 4.79 Å². The predicted molar refractivity (Wildman–Crippen MR) is 104 cm³/mol. The average Bonchev–Trinajstić information content (AvgIpc) is 2.97. The minimum Gasteiger partial charge on any atom is -0.493 e. The van der Waals surface area contributed by atoms with Crippen LogP contribution in [-0.2, 0) is 0 Å². The number of hydrogen-bond acceptors (Lipinski definition) is 5. The lowest BCUT2D eigenvalue weighted by molar-refractivity contribution is 0.0960. The first-order valence-corrected chi connectivity index (χ1v) is 9.20. The Morgan fingerprint density at radius 3 is 1.88 bits per heavy atom. The first kappa shape index (κ1) is 20.8. The van der Waals surface area contributed by atoms with Crippen LogP contribution in [0.4, 0.5) is 0 Å². The standard InChI is InChI=1S/C20H29NO4.ClH/c1-23-18-10-16(11-19(24-2)20(18)25-3)17(22)8-9-21-12-14-4-5-15(13-21)7-6-14;/h10-11,14-15H,4-9,12-13H2,1-3H3;1H.